The van der Waals surface area contributed by atoms with E-state index in [9.17, 15) is 14.4 Å². The highest BCUT2D eigenvalue weighted by atomic mass is 16.6. The van der Waals surface area contributed by atoms with Crippen LogP contribution in [0.15, 0.2) is 18.2 Å². The van der Waals surface area contributed by atoms with Gasteiger partial charge < -0.3 is 14.8 Å². The molecule has 7 nitrogen and oxygen atoms in total. The second-order valence-corrected chi connectivity index (χ2v) is 5.80. The van der Waals surface area contributed by atoms with Crippen molar-refractivity contribution in [2.45, 2.75) is 27.7 Å². The molecule has 0 radical (unpaired) electrons. The van der Waals surface area contributed by atoms with Crippen LogP contribution >= 0.6 is 0 Å². The number of imide groups is 1. The lowest BCUT2D eigenvalue weighted by molar-refractivity contribution is -0.150. The Morgan fingerprint density at radius 3 is 2.50 bits per heavy atom. The van der Waals surface area contributed by atoms with Crippen LogP contribution in [0.25, 0.3) is 0 Å². The van der Waals surface area contributed by atoms with Gasteiger partial charge in [0.25, 0.3) is 5.91 Å². The molecule has 2 N–H and O–H groups in total. The van der Waals surface area contributed by atoms with Crippen molar-refractivity contribution >= 4 is 17.9 Å². The number of carbonyl (C=O) groups is 3. The Morgan fingerprint density at radius 2 is 1.83 bits per heavy atom. The van der Waals surface area contributed by atoms with Crippen LogP contribution in [0, 0.1) is 19.8 Å². The SMILES string of the molecule is Cc1cccc(OCC(=O)OCC(=O)NC(=O)NCC(C)C)c1C. The van der Waals surface area contributed by atoms with E-state index in [2.05, 4.69) is 10.6 Å². The van der Waals surface area contributed by atoms with E-state index in [4.69, 9.17) is 9.47 Å². The summed E-state index contributed by atoms with van der Waals surface area (Å²) in [6, 6.07) is 4.90. The molecule has 1 aromatic carbocycles. The van der Waals surface area contributed by atoms with Crippen molar-refractivity contribution in [1.82, 2.24) is 10.6 Å². The predicted octanol–water partition coefficient (Wildman–Crippen LogP) is 1.71. The van der Waals surface area contributed by atoms with E-state index in [1.54, 1.807) is 6.07 Å². The summed E-state index contributed by atoms with van der Waals surface area (Å²) in [7, 11) is 0. The molecule has 0 saturated heterocycles. The summed E-state index contributed by atoms with van der Waals surface area (Å²) in [5.41, 5.74) is 1.98. The van der Waals surface area contributed by atoms with Crippen molar-refractivity contribution in [3.63, 3.8) is 0 Å². The number of amides is 3. The molecule has 0 atom stereocenters. The monoisotopic (exact) mass is 336 g/mol. The van der Waals surface area contributed by atoms with E-state index in [1.165, 1.54) is 0 Å². The molecule has 1 aromatic rings. The second-order valence-electron chi connectivity index (χ2n) is 5.80. The number of aryl methyl sites for hydroxylation is 1. The molecule has 7 heteroatoms. The van der Waals surface area contributed by atoms with Gasteiger partial charge in [-0.2, -0.15) is 0 Å². The van der Waals surface area contributed by atoms with Crippen molar-refractivity contribution in [2.24, 2.45) is 5.92 Å². The minimum atomic E-state index is -0.698. The quantitative estimate of drug-likeness (QED) is 0.739. The molecule has 0 aromatic heterocycles. The molecule has 1 rings (SSSR count). The van der Waals surface area contributed by atoms with Crippen LogP contribution in [-0.2, 0) is 14.3 Å². The third-order valence-corrected chi connectivity index (χ3v) is 3.19. The zero-order chi connectivity index (χ0) is 18.1. The van der Waals surface area contributed by atoms with E-state index in [0.29, 0.717) is 12.3 Å². The van der Waals surface area contributed by atoms with Gasteiger partial charge in [-0.3, -0.25) is 10.1 Å². The fourth-order valence-electron chi connectivity index (χ4n) is 1.71. The van der Waals surface area contributed by atoms with Gasteiger partial charge in [-0.25, -0.2) is 9.59 Å². The topological polar surface area (TPSA) is 93.7 Å². The first-order valence-corrected chi connectivity index (χ1v) is 7.72. The molecule has 0 unspecified atom stereocenters. The van der Waals surface area contributed by atoms with Gasteiger partial charge in [0.05, 0.1) is 0 Å². The van der Waals surface area contributed by atoms with Gasteiger partial charge in [0, 0.05) is 6.54 Å². The highest BCUT2D eigenvalue weighted by molar-refractivity contribution is 5.95. The number of hydrogen-bond acceptors (Lipinski definition) is 5. The zero-order valence-electron chi connectivity index (χ0n) is 14.5. The largest absolute Gasteiger partial charge is 0.482 e. The van der Waals surface area contributed by atoms with E-state index < -0.39 is 24.5 Å². The van der Waals surface area contributed by atoms with Crippen molar-refractivity contribution < 1.29 is 23.9 Å². The fourth-order valence-corrected chi connectivity index (χ4v) is 1.71. The smallest absolute Gasteiger partial charge is 0.344 e. The molecule has 3 amide bonds. The number of hydrogen-bond donors (Lipinski definition) is 2. The Morgan fingerprint density at radius 1 is 1.12 bits per heavy atom. The highest BCUT2D eigenvalue weighted by Gasteiger charge is 2.12. The highest BCUT2D eigenvalue weighted by Crippen LogP contribution is 2.20. The second kappa shape index (κ2) is 9.54. The summed E-state index contributed by atoms with van der Waals surface area (Å²) < 4.78 is 10.1. The van der Waals surface area contributed by atoms with Gasteiger partial charge in [-0.15, -0.1) is 0 Å². The molecule has 0 fully saturated rings. The molecule has 0 aliphatic carbocycles. The molecule has 0 spiro atoms. The summed E-state index contributed by atoms with van der Waals surface area (Å²) >= 11 is 0. The van der Waals surface area contributed by atoms with Gasteiger partial charge in [0.2, 0.25) is 0 Å². The molecule has 0 aliphatic rings. The summed E-state index contributed by atoms with van der Waals surface area (Å²) in [6.45, 7) is 7.29. The van der Waals surface area contributed by atoms with E-state index in [-0.39, 0.29) is 12.5 Å². The van der Waals surface area contributed by atoms with Crippen LogP contribution in [-0.4, -0.2) is 37.7 Å². The average molecular weight is 336 g/mol. The molecular formula is C17H24N2O5. The van der Waals surface area contributed by atoms with Crippen LogP contribution < -0.4 is 15.4 Å². The van der Waals surface area contributed by atoms with Crippen LogP contribution in [0.3, 0.4) is 0 Å². The van der Waals surface area contributed by atoms with Gasteiger partial charge in [-0.05, 0) is 37.0 Å². The van der Waals surface area contributed by atoms with E-state index >= 15 is 0 Å². The maximum Gasteiger partial charge on any atom is 0.344 e. The summed E-state index contributed by atoms with van der Waals surface area (Å²) in [5, 5.41) is 4.60. The summed E-state index contributed by atoms with van der Waals surface area (Å²) in [5.74, 6) is -0.527. The van der Waals surface area contributed by atoms with Crippen LogP contribution in [0.5, 0.6) is 5.75 Å². The van der Waals surface area contributed by atoms with Crippen molar-refractivity contribution in [2.75, 3.05) is 19.8 Å². The molecular weight excluding hydrogens is 312 g/mol. The molecule has 0 heterocycles. The summed E-state index contributed by atoms with van der Waals surface area (Å²) in [6.07, 6.45) is 0. The normalized spacial score (nSPS) is 10.2. The Hall–Kier alpha value is -2.57. The standard InChI is InChI=1S/C17H24N2O5/c1-11(2)8-18-17(22)19-15(20)9-24-16(21)10-23-14-7-5-6-12(3)13(14)4/h5-7,11H,8-10H2,1-4H3,(H2,18,19,20,22). The predicted molar refractivity (Wildman–Crippen MR) is 88.7 cm³/mol. The van der Waals surface area contributed by atoms with Crippen molar-refractivity contribution in [3.05, 3.63) is 29.3 Å². The van der Waals surface area contributed by atoms with Gasteiger partial charge >= 0.3 is 12.0 Å². The third kappa shape index (κ3) is 7.13. The maximum absolute atomic E-state index is 11.6. The molecule has 0 bridgehead atoms. The third-order valence-electron chi connectivity index (χ3n) is 3.19. The molecule has 0 aliphatic heterocycles. The molecule has 132 valence electrons. The maximum atomic E-state index is 11.6. The van der Waals surface area contributed by atoms with Crippen molar-refractivity contribution in [1.29, 1.82) is 0 Å². The van der Waals surface area contributed by atoms with Gasteiger partial charge in [0.1, 0.15) is 5.75 Å². The van der Waals surface area contributed by atoms with Gasteiger partial charge in [-0.1, -0.05) is 26.0 Å². The van der Waals surface area contributed by atoms with Crippen molar-refractivity contribution in [3.8, 4) is 5.75 Å². The van der Waals surface area contributed by atoms with Gasteiger partial charge in [0.15, 0.2) is 13.2 Å². The lowest BCUT2D eigenvalue weighted by atomic mass is 10.1. The Kier molecular flexibility index (Phi) is 7.74. The fraction of sp³-hybridized carbons (Fsp3) is 0.471. The summed E-state index contributed by atoms with van der Waals surface area (Å²) in [4.78, 5) is 34.5. The number of carbonyl (C=O) groups excluding carboxylic acids is 3. The average Bonchev–Trinajstić information content (AvgIpc) is 2.52. The number of benzene rings is 1. The minimum Gasteiger partial charge on any atom is -0.482 e. The van der Waals surface area contributed by atoms with Crippen LogP contribution in [0.2, 0.25) is 0 Å². The number of nitrogens with one attached hydrogen (secondary N) is 2. The van der Waals surface area contributed by atoms with Crippen LogP contribution in [0.1, 0.15) is 25.0 Å². The zero-order valence-corrected chi connectivity index (χ0v) is 14.5. The molecule has 24 heavy (non-hydrogen) atoms. The number of rotatable bonds is 7. The number of ether oxygens (including phenoxy) is 2. The number of esters is 1. The lowest BCUT2D eigenvalue weighted by Crippen LogP contribution is -2.42. The Balaban J connectivity index is 2.29. The van der Waals surface area contributed by atoms with E-state index in [0.717, 1.165) is 11.1 Å². The minimum absolute atomic E-state index is 0.269. The first-order chi connectivity index (χ1) is 11.3. The Bertz CT molecular complexity index is 599. The first kappa shape index (κ1) is 19.5. The Labute approximate surface area is 141 Å². The first-order valence-electron chi connectivity index (χ1n) is 7.72. The number of urea groups is 1. The van der Waals surface area contributed by atoms with Crippen LogP contribution in [0.4, 0.5) is 4.79 Å². The molecule has 0 saturated carbocycles. The van der Waals surface area contributed by atoms with E-state index in [1.807, 2.05) is 39.8 Å². The lowest BCUT2D eigenvalue weighted by Gasteiger charge is -2.11.